The van der Waals surface area contributed by atoms with Crippen LogP contribution in [0.25, 0.3) is 0 Å². The van der Waals surface area contributed by atoms with Crippen molar-refractivity contribution in [2.24, 2.45) is 20.7 Å². The van der Waals surface area contributed by atoms with Gasteiger partial charge in [-0.3, -0.25) is 4.79 Å². The molecule has 2 rings (SSSR count). The first-order valence-corrected chi connectivity index (χ1v) is 8.05. The summed E-state index contributed by atoms with van der Waals surface area (Å²) in [5.41, 5.74) is -0.556. The Morgan fingerprint density at radius 3 is 2.44 bits per heavy atom. The Kier molecular flexibility index (Phi) is 6.92. The minimum absolute atomic E-state index is 0.00766. The van der Waals surface area contributed by atoms with Gasteiger partial charge in [0, 0.05) is 0 Å². The third kappa shape index (κ3) is 6.13. The zero-order chi connectivity index (χ0) is 19.7. The van der Waals surface area contributed by atoms with E-state index in [1.807, 2.05) is 6.07 Å². The van der Waals surface area contributed by atoms with E-state index < -0.39 is 29.7 Å². The van der Waals surface area contributed by atoms with Crippen LogP contribution in [-0.4, -0.2) is 42.0 Å². The molecule has 1 amide bonds. The number of aliphatic carboxylic acids is 1. The Morgan fingerprint density at radius 2 is 1.85 bits per heavy atom. The quantitative estimate of drug-likeness (QED) is 0.630. The minimum Gasteiger partial charge on any atom is -0.480 e. The summed E-state index contributed by atoms with van der Waals surface area (Å²) in [4.78, 5) is 34.8. The molecule has 144 valence electrons. The number of methoxy groups -OCH3 is 1. The van der Waals surface area contributed by atoms with E-state index in [9.17, 15) is 19.5 Å². The molecule has 1 aromatic rings. The number of nitrogens with one attached hydrogen (secondary N) is 1. The number of rotatable bonds is 9. The summed E-state index contributed by atoms with van der Waals surface area (Å²) in [6.07, 6.45) is -1.15. The number of carboxylic acids is 1. The Hall–Kier alpha value is -3.37. The summed E-state index contributed by atoms with van der Waals surface area (Å²) in [5.74, 6) is -1.84. The SMILES string of the molecule is COC(=O)CC1(CC[C@H](NC(=O)OCc2ccccc2)C(=O)O)N=NN=N1. The van der Waals surface area contributed by atoms with Crippen LogP contribution in [0.5, 0.6) is 0 Å². The second kappa shape index (κ2) is 9.36. The molecular weight excluding hydrogens is 358 g/mol. The third-order valence-electron chi connectivity index (χ3n) is 3.79. The van der Waals surface area contributed by atoms with Crippen molar-refractivity contribution in [2.45, 2.75) is 37.6 Å². The van der Waals surface area contributed by atoms with Gasteiger partial charge in [-0.25, -0.2) is 9.59 Å². The van der Waals surface area contributed by atoms with Gasteiger partial charge in [-0.2, -0.15) is 0 Å². The molecule has 1 aliphatic rings. The summed E-state index contributed by atoms with van der Waals surface area (Å²) >= 11 is 0. The van der Waals surface area contributed by atoms with Crippen LogP contribution in [0, 0.1) is 0 Å². The fraction of sp³-hybridized carbons (Fsp3) is 0.438. The number of carbonyl (C=O) groups is 3. The zero-order valence-corrected chi connectivity index (χ0v) is 14.6. The number of hydrogen-bond acceptors (Lipinski definition) is 9. The maximum absolute atomic E-state index is 11.9. The Morgan fingerprint density at radius 1 is 1.19 bits per heavy atom. The van der Waals surface area contributed by atoms with E-state index in [2.05, 4.69) is 30.7 Å². The van der Waals surface area contributed by atoms with E-state index in [0.29, 0.717) is 0 Å². The first-order chi connectivity index (χ1) is 12.9. The number of carboxylic acid groups (broad SMARTS) is 1. The van der Waals surface area contributed by atoms with Crippen LogP contribution in [0.15, 0.2) is 51.0 Å². The molecule has 0 spiro atoms. The van der Waals surface area contributed by atoms with Crippen molar-refractivity contribution < 1.29 is 29.0 Å². The second-order valence-corrected chi connectivity index (χ2v) is 5.75. The molecule has 0 radical (unpaired) electrons. The molecule has 0 saturated heterocycles. The van der Waals surface area contributed by atoms with Crippen LogP contribution >= 0.6 is 0 Å². The van der Waals surface area contributed by atoms with E-state index in [1.165, 1.54) is 7.11 Å². The van der Waals surface area contributed by atoms with Crippen LogP contribution < -0.4 is 5.32 Å². The minimum atomic E-state index is -1.32. The highest BCUT2D eigenvalue weighted by atomic mass is 16.5. The predicted octanol–water partition coefficient (Wildman–Crippen LogP) is 2.24. The van der Waals surface area contributed by atoms with Gasteiger partial charge >= 0.3 is 18.0 Å². The van der Waals surface area contributed by atoms with Crippen molar-refractivity contribution >= 4 is 18.0 Å². The van der Waals surface area contributed by atoms with E-state index in [-0.39, 0.29) is 25.9 Å². The first-order valence-electron chi connectivity index (χ1n) is 8.05. The van der Waals surface area contributed by atoms with E-state index in [1.54, 1.807) is 24.3 Å². The van der Waals surface area contributed by atoms with E-state index in [0.717, 1.165) is 5.56 Å². The van der Waals surface area contributed by atoms with Crippen LogP contribution in [-0.2, 0) is 25.7 Å². The normalized spacial score (nSPS) is 15.1. The molecular formula is C16H19N5O6. The van der Waals surface area contributed by atoms with Crippen molar-refractivity contribution in [1.29, 1.82) is 0 Å². The summed E-state index contributed by atoms with van der Waals surface area (Å²) in [5, 5.41) is 26.0. The lowest BCUT2D eigenvalue weighted by atomic mass is 9.98. The molecule has 1 atom stereocenters. The molecule has 11 nitrogen and oxygen atoms in total. The van der Waals surface area contributed by atoms with Gasteiger partial charge in [-0.15, -0.1) is 10.2 Å². The largest absolute Gasteiger partial charge is 0.480 e. The molecule has 1 aromatic carbocycles. The molecule has 0 aliphatic carbocycles. The third-order valence-corrected chi connectivity index (χ3v) is 3.79. The number of benzene rings is 1. The van der Waals surface area contributed by atoms with Gasteiger partial charge in [-0.1, -0.05) is 30.3 Å². The number of esters is 1. The second-order valence-electron chi connectivity index (χ2n) is 5.75. The lowest BCUT2D eigenvalue weighted by Crippen LogP contribution is -2.42. The van der Waals surface area contributed by atoms with E-state index in [4.69, 9.17) is 4.74 Å². The van der Waals surface area contributed by atoms with Crippen molar-refractivity contribution in [2.75, 3.05) is 7.11 Å². The molecule has 1 aliphatic heterocycles. The number of ether oxygens (including phenoxy) is 2. The van der Waals surface area contributed by atoms with Gasteiger partial charge in [0.2, 0.25) is 5.66 Å². The molecule has 0 unspecified atom stereocenters. The van der Waals surface area contributed by atoms with Gasteiger partial charge in [-0.05, 0) is 28.9 Å². The molecule has 0 aromatic heterocycles. The Balaban J connectivity index is 1.89. The van der Waals surface area contributed by atoms with E-state index >= 15 is 0 Å². The van der Waals surface area contributed by atoms with Crippen molar-refractivity contribution in [3.8, 4) is 0 Å². The number of alkyl carbamates (subject to hydrolysis) is 1. The maximum atomic E-state index is 11.9. The van der Waals surface area contributed by atoms with Gasteiger partial charge in [0.1, 0.15) is 12.6 Å². The Labute approximate surface area is 154 Å². The molecule has 0 fully saturated rings. The van der Waals surface area contributed by atoms with Gasteiger partial charge in [0.25, 0.3) is 0 Å². The first kappa shape index (κ1) is 19.9. The molecule has 11 heteroatoms. The number of hydrogen-bond donors (Lipinski definition) is 2. The molecule has 1 heterocycles. The monoisotopic (exact) mass is 377 g/mol. The van der Waals surface area contributed by atoms with Gasteiger partial charge < -0.3 is 19.9 Å². The maximum Gasteiger partial charge on any atom is 0.408 e. The van der Waals surface area contributed by atoms with Crippen LogP contribution in [0.3, 0.4) is 0 Å². The number of amides is 1. The van der Waals surface area contributed by atoms with Crippen LogP contribution in [0.1, 0.15) is 24.8 Å². The fourth-order valence-corrected chi connectivity index (χ4v) is 2.33. The lowest BCUT2D eigenvalue weighted by molar-refractivity contribution is -0.142. The fourth-order valence-electron chi connectivity index (χ4n) is 2.33. The summed E-state index contributed by atoms with van der Waals surface area (Å²) in [6.45, 7) is 0.00766. The van der Waals surface area contributed by atoms with Gasteiger partial charge in [0.05, 0.1) is 13.5 Å². The standard InChI is InChI=1S/C16H19N5O6/c1-26-13(22)9-16(18-20-21-19-16)8-7-12(14(23)24)17-15(25)27-10-11-5-3-2-4-6-11/h2-6,12H,7-10H2,1H3,(H,17,25)(H,23,24)/t12-/m0/s1. The molecule has 2 N–H and O–H groups in total. The Bertz CT molecular complexity index is 724. The smallest absolute Gasteiger partial charge is 0.408 e. The summed E-state index contributed by atoms with van der Waals surface area (Å²) in [6, 6.07) is 7.70. The highest BCUT2D eigenvalue weighted by Gasteiger charge is 2.38. The zero-order valence-electron chi connectivity index (χ0n) is 14.6. The van der Waals surface area contributed by atoms with Crippen molar-refractivity contribution in [3.05, 3.63) is 35.9 Å². The van der Waals surface area contributed by atoms with Crippen LogP contribution in [0.2, 0.25) is 0 Å². The number of carbonyl (C=O) groups excluding carboxylic acids is 2. The highest BCUT2D eigenvalue weighted by molar-refractivity contribution is 5.79. The van der Waals surface area contributed by atoms with Crippen LogP contribution in [0.4, 0.5) is 4.79 Å². The van der Waals surface area contributed by atoms with Gasteiger partial charge in [0.15, 0.2) is 0 Å². The number of nitrogens with zero attached hydrogens (tertiary/aromatic N) is 4. The molecule has 27 heavy (non-hydrogen) atoms. The average molecular weight is 377 g/mol. The molecule has 0 bridgehead atoms. The summed E-state index contributed by atoms with van der Waals surface area (Å²) < 4.78 is 9.60. The average Bonchev–Trinajstić information content (AvgIpc) is 3.12. The molecule has 0 saturated carbocycles. The van der Waals surface area contributed by atoms with Crippen molar-refractivity contribution in [3.63, 3.8) is 0 Å². The lowest BCUT2D eigenvalue weighted by Gasteiger charge is -2.21. The topological polar surface area (TPSA) is 151 Å². The predicted molar refractivity (Wildman–Crippen MR) is 89.5 cm³/mol. The van der Waals surface area contributed by atoms with Crippen molar-refractivity contribution in [1.82, 2.24) is 5.32 Å². The highest BCUT2D eigenvalue weighted by Crippen LogP contribution is 2.30. The summed E-state index contributed by atoms with van der Waals surface area (Å²) in [7, 11) is 1.21.